The van der Waals surface area contributed by atoms with Gasteiger partial charge in [-0.2, -0.15) is 0 Å². The van der Waals surface area contributed by atoms with Crippen LogP contribution in [0.1, 0.15) is 48.5 Å². The summed E-state index contributed by atoms with van der Waals surface area (Å²) in [5.74, 6) is -2.14. The minimum Gasteiger partial charge on any atom is -0.463 e. The average Bonchev–Trinajstić information content (AvgIpc) is 2.85. The molecule has 4 atom stereocenters. The Bertz CT molecular complexity index is 1060. The molecule has 2 N–H and O–H groups in total. The Morgan fingerprint density at radius 3 is 1.62 bits per heavy atom. The number of hydrogen-bond donors (Lipinski definition) is 2. The van der Waals surface area contributed by atoms with E-state index in [4.69, 9.17) is 18.6 Å². The van der Waals surface area contributed by atoms with E-state index >= 15 is 0 Å². The highest BCUT2D eigenvalue weighted by atomic mass is 28.4. The molecule has 0 spiro atoms. The van der Waals surface area contributed by atoms with Crippen molar-refractivity contribution in [3.05, 3.63) is 60.7 Å². The van der Waals surface area contributed by atoms with Crippen LogP contribution in [0.15, 0.2) is 60.7 Å². The molecule has 2 aromatic carbocycles. The second-order valence-electron chi connectivity index (χ2n) is 10.7. The maximum Gasteiger partial charge on any atom is 0.303 e. The lowest BCUT2D eigenvalue weighted by Gasteiger charge is -2.45. The van der Waals surface area contributed by atoms with Gasteiger partial charge in [-0.25, -0.2) is 0 Å². The molecule has 0 fully saturated rings. The van der Waals surface area contributed by atoms with Gasteiger partial charge in [0.2, 0.25) is 0 Å². The largest absolute Gasteiger partial charge is 0.463 e. The highest BCUT2D eigenvalue weighted by Crippen LogP contribution is 2.37. The topological polar surface area (TPSA) is 129 Å². The van der Waals surface area contributed by atoms with Crippen molar-refractivity contribution >= 4 is 36.6 Å². The van der Waals surface area contributed by atoms with Gasteiger partial charge in [-0.15, -0.1) is 0 Å². The minimum absolute atomic E-state index is 0.263. The number of hydrogen-bond acceptors (Lipinski definition) is 9. The Morgan fingerprint density at radius 2 is 1.23 bits per heavy atom. The molecule has 0 amide bonds. The van der Waals surface area contributed by atoms with Gasteiger partial charge in [0.15, 0.2) is 12.2 Å². The smallest absolute Gasteiger partial charge is 0.303 e. The first-order valence-corrected chi connectivity index (χ1v) is 14.7. The van der Waals surface area contributed by atoms with Crippen molar-refractivity contribution in [1.82, 2.24) is 0 Å². The van der Waals surface area contributed by atoms with E-state index in [0.717, 1.165) is 24.2 Å². The van der Waals surface area contributed by atoms with Gasteiger partial charge < -0.3 is 28.8 Å². The number of ether oxygens (including phenoxy) is 3. The predicted octanol–water partition coefficient (Wildman–Crippen LogP) is 2.10. The molecule has 0 saturated heterocycles. The van der Waals surface area contributed by atoms with Crippen LogP contribution in [0.25, 0.3) is 0 Å². The Balaban J connectivity index is 2.62. The monoisotopic (exact) mass is 560 g/mol. The van der Waals surface area contributed by atoms with Crippen LogP contribution in [0.3, 0.4) is 0 Å². The summed E-state index contributed by atoms with van der Waals surface area (Å²) in [6, 6.07) is 19.5. The van der Waals surface area contributed by atoms with Crippen LogP contribution >= 0.6 is 0 Å². The van der Waals surface area contributed by atoms with Crippen LogP contribution in [0.5, 0.6) is 0 Å². The lowest BCUT2D eigenvalue weighted by atomic mass is 9.89. The SMILES string of the molecule is CC(=O)OC[C@@H](O)[C@](C)(O)[C@@H](OC(C)=O)[C@H](CO[Si](c1ccccc1)(c1ccccc1)C(C)(C)C)OC(C)=O. The van der Waals surface area contributed by atoms with Gasteiger partial charge in [0.05, 0.1) is 6.61 Å². The maximum absolute atomic E-state index is 12.2. The summed E-state index contributed by atoms with van der Waals surface area (Å²) in [7, 11) is -3.11. The minimum atomic E-state index is -3.11. The molecule has 0 bridgehead atoms. The van der Waals surface area contributed by atoms with Crippen LogP contribution in [0.4, 0.5) is 0 Å². The molecule has 39 heavy (non-hydrogen) atoms. The molecule has 2 aromatic rings. The van der Waals surface area contributed by atoms with Crippen LogP contribution in [-0.4, -0.2) is 73.6 Å². The number of carbonyl (C=O) groups excluding carboxylic acids is 3. The van der Waals surface area contributed by atoms with Crippen LogP contribution in [-0.2, 0) is 33.0 Å². The van der Waals surface area contributed by atoms with Crippen molar-refractivity contribution in [2.24, 2.45) is 0 Å². The van der Waals surface area contributed by atoms with Gasteiger partial charge in [-0.1, -0.05) is 81.4 Å². The fourth-order valence-corrected chi connectivity index (χ4v) is 9.24. The number of benzene rings is 2. The van der Waals surface area contributed by atoms with E-state index < -0.39 is 61.8 Å². The molecule has 9 nitrogen and oxygen atoms in total. The third-order valence-corrected chi connectivity index (χ3v) is 11.5. The quantitative estimate of drug-likeness (QED) is 0.228. The van der Waals surface area contributed by atoms with E-state index in [1.807, 2.05) is 60.7 Å². The van der Waals surface area contributed by atoms with Crippen molar-refractivity contribution in [2.75, 3.05) is 13.2 Å². The molecule has 214 valence electrons. The number of aliphatic hydroxyl groups is 2. The summed E-state index contributed by atoms with van der Waals surface area (Å²) < 4.78 is 22.7. The van der Waals surface area contributed by atoms with Gasteiger partial charge in [0.25, 0.3) is 8.32 Å². The zero-order valence-electron chi connectivity index (χ0n) is 23.7. The van der Waals surface area contributed by atoms with Crippen molar-refractivity contribution in [3.8, 4) is 0 Å². The molecular weight excluding hydrogens is 520 g/mol. The van der Waals surface area contributed by atoms with E-state index in [9.17, 15) is 24.6 Å². The summed E-state index contributed by atoms with van der Waals surface area (Å²) in [4.78, 5) is 35.6. The zero-order valence-corrected chi connectivity index (χ0v) is 24.7. The van der Waals surface area contributed by atoms with E-state index in [0.29, 0.717) is 0 Å². The third-order valence-electron chi connectivity index (χ3n) is 6.52. The Hall–Kier alpha value is -3.05. The summed E-state index contributed by atoms with van der Waals surface area (Å²) in [6.45, 7) is 10.1. The van der Waals surface area contributed by atoms with Gasteiger partial charge in [-0.3, -0.25) is 14.4 Å². The fraction of sp³-hybridized carbons (Fsp3) is 0.483. The Labute approximate surface area is 231 Å². The van der Waals surface area contributed by atoms with Gasteiger partial charge in [0, 0.05) is 20.8 Å². The van der Waals surface area contributed by atoms with Crippen LogP contribution in [0, 0.1) is 0 Å². The molecule has 0 aliphatic heterocycles. The Kier molecular flexibility index (Phi) is 11.0. The second-order valence-corrected chi connectivity index (χ2v) is 15.0. The van der Waals surface area contributed by atoms with Gasteiger partial charge in [0.1, 0.15) is 18.3 Å². The van der Waals surface area contributed by atoms with Crippen molar-refractivity contribution in [3.63, 3.8) is 0 Å². The number of rotatable bonds is 12. The summed E-state index contributed by atoms with van der Waals surface area (Å²) in [6.07, 6.45) is -4.53. The normalized spacial score (nSPS) is 15.8. The third kappa shape index (κ3) is 7.98. The van der Waals surface area contributed by atoms with E-state index in [2.05, 4.69) is 20.8 Å². The number of aliphatic hydroxyl groups excluding tert-OH is 1. The lowest BCUT2D eigenvalue weighted by Crippen LogP contribution is -2.68. The van der Waals surface area contributed by atoms with E-state index in [1.165, 1.54) is 13.8 Å². The molecule has 0 heterocycles. The van der Waals surface area contributed by atoms with Crippen molar-refractivity contribution < 1.29 is 43.2 Å². The van der Waals surface area contributed by atoms with Gasteiger partial charge in [-0.05, 0) is 22.3 Å². The summed E-state index contributed by atoms with van der Waals surface area (Å²) >= 11 is 0. The van der Waals surface area contributed by atoms with Crippen molar-refractivity contribution in [1.29, 1.82) is 0 Å². The molecule has 0 aliphatic rings. The standard InChI is InChI=1S/C29H40O9Si/c1-20(30)35-19-26(33)29(7,34)27(38-22(3)32)25(37-21(2)31)18-36-39(28(4,5)6,23-14-10-8-11-15-23)24-16-12-9-13-17-24/h8-17,25-27,33-34H,18-19H2,1-7H3/t25-,26+,27-,29-/m0/s1. The van der Waals surface area contributed by atoms with E-state index in [-0.39, 0.29) is 6.61 Å². The first-order valence-electron chi connectivity index (χ1n) is 12.8. The summed E-state index contributed by atoms with van der Waals surface area (Å²) in [5, 5.41) is 23.6. The fourth-order valence-electron chi connectivity index (χ4n) is 4.67. The first-order chi connectivity index (χ1) is 18.1. The number of esters is 3. The molecule has 2 rings (SSSR count). The molecule has 0 radical (unpaired) electrons. The molecule has 0 aliphatic carbocycles. The van der Waals surface area contributed by atoms with E-state index in [1.54, 1.807) is 0 Å². The maximum atomic E-state index is 12.2. The first kappa shape index (κ1) is 32.2. The summed E-state index contributed by atoms with van der Waals surface area (Å²) in [5.41, 5.74) is -2.18. The Morgan fingerprint density at radius 1 is 0.769 bits per heavy atom. The molecule has 0 unspecified atom stereocenters. The second kappa shape index (κ2) is 13.3. The molecule has 0 aromatic heterocycles. The number of carbonyl (C=O) groups is 3. The highest BCUT2D eigenvalue weighted by molar-refractivity contribution is 6.99. The van der Waals surface area contributed by atoms with Crippen molar-refractivity contribution in [2.45, 2.75) is 77.4 Å². The predicted molar refractivity (Wildman–Crippen MR) is 148 cm³/mol. The molecule has 0 saturated carbocycles. The van der Waals surface area contributed by atoms with Crippen LogP contribution in [0.2, 0.25) is 5.04 Å². The zero-order chi connectivity index (χ0) is 29.4. The average molecular weight is 561 g/mol. The van der Waals surface area contributed by atoms with Gasteiger partial charge >= 0.3 is 17.9 Å². The van der Waals surface area contributed by atoms with Crippen LogP contribution < -0.4 is 10.4 Å². The lowest BCUT2D eigenvalue weighted by molar-refractivity contribution is -0.213. The molecule has 10 heteroatoms. The highest BCUT2D eigenvalue weighted by Gasteiger charge is 2.53. The molecular formula is C29H40O9Si.